The van der Waals surface area contributed by atoms with Gasteiger partial charge in [-0.15, -0.1) is 0 Å². The van der Waals surface area contributed by atoms with Crippen LogP contribution in [-0.4, -0.2) is 88.2 Å². The van der Waals surface area contributed by atoms with Crippen LogP contribution in [0.5, 0.6) is 0 Å². The molecule has 5 aliphatic carbocycles. The summed E-state index contributed by atoms with van der Waals surface area (Å²) >= 11 is 0. The van der Waals surface area contributed by atoms with Crippen molar-refractivity contribution < 1.29 is 5.11 Å². The van der Waals surface area contributed by atoms with E-state index in [0.29, 0.717) is 29.0 Å². The van der Waals surface area contributed by atoms with Gasteiger partial charge < -0.3 is 37.0 Å². The Hall–Kier alpha value is -0.280. The number of aliphatic hydroxyl groups is 1. The Balaban J connectivity index is 0.898. The fourth-order valence-electron chi connectivity index (χ4n) is 12.9. The fourth-order valence-corrected chi connectivity index (χ4v) is 12.9. The molecule has 7 N–H and O–H groups in total. The maximum atomic E-state index is 10.4. The Bertz CT molecular complexity index is 952. The topological polar surface area (TPSA) is 92.4 Å². The highest BCUT2D eigenvalue weighted by atomic mass is 16.3. The highest BCUT2D eigenvalue weighted by Crippen LogP contribution is 2.68. The largest absolute Gasteiger partial charge is 0.393 e. The van der Waals surface area contributed by atoms with Gasteiger partial charge in [-0.3, -0.25) is 0 Å². The molecular formula is C41H78N6O. The highest BCUT2D eigenvalue weighted by Gasteiger charge is 2.60. The van der Waals surface area contributed by atoms with Gasteiger partial charge in [0.2, 0.25) is 0 Å². The molecular weight excluding hydrogens is 592 g/mol. The number of aliphatic hydroxyl groups excluding tert-OH is 1. The van der Waals surface area contributed by atoms with Crippen molar-refractivity contribution >= 4 is 0 Å². The van der Waals surface area contributed by atoms with Crippen molar-refractivity contribution in [1.29, 1.82) is 0 Å². The molecule has 6 fully saturated rings. The zero-order valence-electron chi connectivity index (χ0n) is 31.6. The van der Waals surface area contributed by atoms with Crippen LogP contribution in [0.3, 0.4) is 0 Å². The number of fused-ring (bicyclic) bond motifs is 6. The van der Waals surface area contributed by atoms with Crippen LogP contribution >= 0.6 is 0 Å². The van der Waals surface area contributed by atoms with Crippen molar-refractivity contribution in [3.05, 3.63) is 0 Å². The van der Waals surface area contributed by atoms with Crippen LogP contribution in [-0.2, 0) is 0 Å². The predicted octanol–water partition coefficient (Wildman–Crippen LogP) is 5.43. The van der Waals surface area contributed by atoms with E-state index in [-0.39, 0.29) is 6.10 Å². The molecule has 6 aliphatic rings. The predicted molar refractivity (Wildman–Crippen MR) is 201 cm³/mol. The summed E-state index contributed by atoms with van der Waals surface area (Å²) < 4.78 is 0. The number of rotatable bonds is 9. The van der Waals surface area contributed by atoms with Crippen LogP contribution in [0.2, 0.25) is 0 Å². The van der Waals surface area contributed by atoms with Crippen molar-refractivity contribution in [3.8, 4) is 0 Å². The van der Waals surface area contributed by atoms with Gasteiger partial charge in [0.05, 0.1) is 6.10 Å². The van der Waals surface area contributed by atoms with E-state index in [1.807, 2.05) is 0 Å². The quantitative estimate of drug-likeness (QED) is 0.165. The van der Waals surface area contributed by atoms with E-state index in [0.717, 1.165) is 101 Å². The van der Waals surface area contributed by atoms with Gasteiger partial charge in [-0.25, -0.2) is 0 Å². The molecule has 1 aliphatic heterocycles. The molecule has 0 aromatic heterocycles. The van der Waals surface area contributed by atoms with Crippen molar-refractivity contribution in [2.24, 2.45) is 46.3 Å². The second-order valence-electron chi connectivity index (χ2n) is 18.3. The third-order valence-corrected chi connectivity index (χ3v) is 15.6. The van der Waals surface area contributed by atoms with Crippen LogP contribution < -0.4 is 31.9 Å². The second kappa shape index (κ2) is 18.0. The maximum Gasteiger partial charge on any atom is 0.0543 e. The monoisotopic (exact) mass is 671 g/mol. The van der Waals surface area contributed by atoms with E-state index in [1.54, 1.807) is 0 Å². The third-order valence-electron chi connectivity index (χ3n) is 15.6. The normalized spacial score (nSPS) is 43.9. The number of nitrogens with one attached hydrogen (secondary N) is 6. The molecule has 5 saturated carbocycles. The lowest BCUT2D eigenvalue weighted by Gasteiger charge is -2.61. The molecule has 0 radical (unpaired) electrons. The summed E-state index contributed by atoms with van der Waals surface area (Å²) in [6.07, 6.45) is 22.7. The summed E-state index contributed by atoms with van der Waals surface area (Å²) in [6.45, 7) is 17.7. The van der Waals surface area contributed by atoms with E-state index >= 15 is 0 Å². The van der Waals surface area contributed by atoms with Gasteiger partial charge in [-0.05, 0) is 156 Å². The SMILES string of the molecule is C[C@@H](CCCNCCC[C@H]1CN[C@@H]2CCCC[C@H]2NCCNCCNCCN1)[C@H]1CCC2[C@@H]3CC[C@@H]4C[C@H](O)CC[C@]4(C)C3CC[C@@]21C. The lowest BCUT2D eigenvalue weighted by Crippen LogP contribution is -2.54. The summed E-state index contributed by atoms with van der Waals surface area (Å²) in [7, 11) is 0. The molecule has 48 heavy (non-hydrogen) atoms. The molecule has 7 nitrogen and oxygen atoms in total. The molecule has 278 valence electrons. The van der Waals surface area contributed by atoms with Gasteiger partial charge >= 0.3 is 0 Å². The zero-order valence-corrected chi connectivity index (χ0v) is 31.6. The Morgan fingerprint density at radius 2 is 1.40 bits per heavy atom. The second-order valence-corrected chi connectivity index (χ2v) is 18.3. The van der Waals surface area contributed by atoms with Crippen molar-refractivity contribution in [3.63, 3.8) is 0 Å². The third kappa shape index (κ3) is 9.01. The molecule has 6 rings (SSSR count). The van der Waals surface area contributed by atoms with Gasteiger partial charge in [0.1, 0.15) is 0 Å². The first-order valence-corrected chi connectivity index (χ1v) is 21.4. The number of hydrogen-bond donors (Lipinski definition) is 7. The standard InChI is InChI=1S/C41H78N6O/c1-30(35-14-15-36-34-13-12-31-28-33(48)16-18-40(31,2)37(34)17-19-41(35,36)3)8-6-20-42-21-7-9-32-29-47-39-11-5-4-10-38(39)46-27-25-44-23-22-43-24-26-45-32/h30-39,42-48H,4-29H2,1-3H3/t30-,31+,32-,33+,34-,35+,36?,37?,38+,39+,40-,41+/m0/s1. The molecule has 0 bridgehead atoms. The van der Waals surface area contributed by atoms with Crippen LogP contribution in [0.1, 0.15) is 130 Å². The first-order valence-electron chi connectivity index (χ1n) is 21.4. The smallest absolute Gasteiger partial charge is 0.0543 e. The first kappa shape index (κ1) is 37.5. The average molecular weight is 671 g/mol. The Morgan fingerprint density at radius 3 is 2.21 bits per heavy atom. The van der Waals surface area contributed by atoms with Gasteiger partial charge in [0.25, 0.3) is 0 Å². The maximum absolute atomic E-state index is 10.4. The molecule has 1 saturated heterocycles. The van der Waals surface area contributed by atoms with Crippen LogP contribution in [0.25, 0.3) is 0 Å². The lowest BCUT2D eigenvalue weighted by molar-refractivity contribution is -0.129. The molecule has 1 heterocycles. The highest BCUT2D eigenvalue weighted by molar-refractivity contribution is 5.09. The molecule has 0 spiro atoms. The van der Waals surface area contributed by atoms with E-state index in [2.05, 4.69) is 52.7 Å². The molecule has 2 unspecified atom stereocenters. The molecule has 7 heteroatoms. The zero-order chi connectivity index (χ0) is 33.4. The van der Waals surface area contributed by atoms with Crippen LogP contribution in [0.15, 0.2) is 0 Å². The van der Waals surface area contributed by atoms with Crippen LogP contribution in [0, 0.1) is 46.3 Å². The van der Waals surface area contributed by atoms with E-state index in [1.165, 1.54) is 103 Å². The summed E-state index contributed by atoms with van der Waals surface area (Å²) in [5.41, 5.74) is 1.07. The van der Waals surface area contributed by atoms with E-state index in [4.69, 9.17) is 0 Å². The van der Waals surface area contributed by atoms with Gasteiger partial charge in [-0.2, -0.15) is 0 Å². The van der Waals surface area contributed by atoms with Crippen molar-refractivity contribution in [1.82, 2.24) is 31.9 Å². The molecule has 0 amide bonds. The minimum atomic E-state index is -0.0266. The van der Waals surface area contributed by atoms with Gasteiger partial charge in [-0.1, -0.05) is 33.6 Å². The van der Waals surface area contributed by atoms with E-state index in [9.17, 15) is 5.11 Å². The Morgan fingerprint density at radius 1 is 0.708 bits per heavy atom. The van der Waals surface area contributed by atoms with Crippen LogP contribution in [0.4, 0.5) is 0 Å². The summed E-state index contributed by atoms with van der Waals surface area (Å²) in [5.74, 6) is 5.38. The molecule has 0 aromatic carbocycles. The van der Waals surface area contributed by atoms with Gasteiger partial charge in [0, 0.05) is 63.9 Å². The molecule has 0 aromatic rings. The Kier molecular flexibility index (Phi) is 14.0. The summed E-state index contributed by atoms with van der Waals surface area (Å²) in [6, 6.07) is 1.79. The molecule has 12 atom stereocenters. The minimum Gasteiger partial charge on any atom is -0.393 e. The van der Waals surface area contributed by atoms with E-state index < -0.39 is 0 Å². The Labute approximate surface area is 295 Å². The number of hydrogen-bond acceptors (Lipinski definition) is 7. The summed E-state index contributed by atoms with van der Waals surface area (Å²) in [5, 5.41) is 33.2. The minimum absolute atomic E-state index is 0.0266. The first-order chi connectivity index (χ1) is 23.4. The fraction of sp³-hybridized carbons (Fsp3) is 1.00. The van der Waals surface area contributed by atoms with Gasteiger partial charge in [0.15, 0.2) is 0 Å². The summed E-state index contributed by atoms with van der Waals surface area (Å²) in [4.78, 5) is 0. The van der Waals surface area contributed by atoms with Crippen molar-refractivity contribution in [2.75, 3.05) is 58.9 Å². The average Bonchev–Trinajstić information content (AvgIpc) is 3.44. The lowest BCUT2D eigenvalue weighted by atomic mass is 9.44. The van der Waals surface area contributed by atoms with Crippen molar-refractivity contribution in [2.45, 2.75) is 154 Å².